The number of carboxylic acid groups (broad SMARTS) is 1. The van der Waals surface area contributed by atoms with Crippen LogP contribution in [-0.4, -0.2) is 100 Å². The molecule has 20 heteroatoms. The van der Waals surface area contributed by atoms with Crippen molar-refractivity contribution in [3.8, 4) is 0 Å². The van der Waals surface area contributed by atoms with Crippen molar-refractivity contribution in [3.05, 3.63) is 52.0 Å². The fourth-order valence-electron chi connectivity index (χ4n) is 4.83. The Morgan fingerprint density at radius 1 is 1.32 bits per heavy atom. The van der Waals surface area contributed by atoms with Crippen LogP contribution in [0, 0.1) is 0 Å². The molecule has 1 saturated heterocycles. The summed E-state index contributed by atoms with van der Waals surface area (Å²) in [7, 11) is 0. The number of H-pyrrole nitrogens is 2. The van der Waals surface area contributed by atoms with Gasteiger partial charge in [0.05, 0.1) is 12.5 Å². The van der Waals surface area contributed by atoms with Crippen molar-refractivity contribution in [1.82, 2.24) is 40.8 Å². The minimum atomic E-state index is -1.60. The monoisotopic (exact) mass is 645 g/mol. The van der Waals surface area contributed by atoms with E-state index in [0.29, 0.717) is 23.8 Å². The number of hydrogen-bond acceptors (Lipinski definition) is 13. The number of β-lactam (4-membered cyclic amide) rings is 1. The topological polar surface area (TPSA) is 250 Å². The van der Waals surface area contributed by atoms with Crippen LogP contribution >= 0.6 is 23.5 Å². The molecular weight excluding hydrogens is 618 g/mol. The molecule has 4 amide bonds. The molecular formula is C24H27N11O7S2. The minimum Gasteiger partial charge on any atom is -0.477 e. The third kappa shape index (κ3) is 5.72. The van der Waals surface area contributed by atoms with Crippen molar-refractivity contribution in [2.24, 2.45) is 5.73 Å². The Morgan fingerprint density at radius 3 is 2.68 bits per heavy atom. The number of tetrazole rings is 1. The first kappa shape index (κ1) is 30.6. The molecule has 3 aromatic rings. The lowest BCUT2D eigenvalue weighted by Crippen LogP contribution is -2.71. The van der Waals surface area contributed by atoms with Gasteiger partial charge in [0, 0.05) is 24.6 Å². The Labute approximate surface area is 256 Å². The van der Waals surface area contributed by atoms with E-state index in [9.17, 15) is 29.1 Å². The molecule has 2 aliphatic rings. The van der Waals surface area contributed by atoms with Gasteiger partial charge in [0.1, 0.15) is 28.6 Å². The number of aliphatic carboxylic acids is 1. The Hall–Kier alpha value is -4.85. The molecule has 5 rings (SSSR count). The van der Waals surface area contributed by atoms with E-state index >= 15 is 0 Å². The number of hydrogen-bond donors (Lipinski definition) is 5. The maximum Gasteiger partial charge on any atom is 0.352 e. The van der Waals surface area contributed by atoms with Crippen molar-refractivity contribution in [2.75, 3.05) is 34.4 Å². The SMILES string of the molecule is CCN(CC)c1ncc(N(C(N)=O)C(C(=O)NC2C(=O)N3C(C(=O)O)=C(CSc4nn[nH]n4)CS[C@H]23)c2ccco2)c(=O)[nH]1. The zero-order valence-corrected chi connectivity index (χ0v) is 24.9. The number of carbonyl (C=O) groups excluding carboxylic acids is 3. The van der Waals surface area contributed by atoms with Gasteiger partial charge in [-0.2, -0.15) is 5.21 Å². The Morgan fingerprint density at radius 2 is 2.09 bits per heavy atom. The number of aromatic nitrogens is 6. The maximum absolute atomic E-state index is 13.8. The highest BCUT2D eigenvalue weighted by molar-refractivity contribution is 8.01. The molecule has 0 saturated carbocycles. The second kappa shape index (κ2) is 12.8. The van der Waals surface area contributed by atoms with E-state index in [-0.39, 0.29) is 34.6 Å². The number of rotatable bonds is 12. The van der Waals surface area contributed by atoms with E-state index in [1.54, 1.807) is 4.90 Å². The number of anilines is 2. The summed E-state index contributed by atoms with van der Waals surface area (Å²) in [5.74, 6) is -2.18. The highest BCUT2D eigenvalue weighted by Gasteiger charge is 2.55. The van der Waals surface area contributed by atoms with E-state index < -0.39 is 46.8 Å². The summed E-state index contributed by atoms with van der Waals surface area (Å²) in [5, 5.41) is 25.5. The summed E-state index contributed by atoms with van der Waals surface area (Å²) in [6.07, 6.45) is 2.40. The zero-order valence-electron chi connectivity index (χ0n) is 23.3. The Bertz CT molecular complexity index is 1640. The summed E-state index contributed by atoms with van der Waals surface area (Å²) in [5.41, 5.74) is 4.91. The fourth-order valence-corrected chi connectivity index (χ4v) is 7.05. The van der Waals surface area contributed by atoms with Gasteiger partial charge in [0.2, 0.25) is 11.1 Å². The van der Waals surface area contributed by atoms with Gasteiger partial charge in [0.25, 0.3) is 17.4 Å². The molecule has 44 heavy (non-hydrogen) atoms. The first-order valence-corrected chi connectivity index (χ1v) is 15.2. The number of nitrogens with zero attached hydrogens (tertiary/aromatic N) is 7. The molecule has 18 nitrogen and oxygen atoms in total. The molecule has 0 aliphatic carbocycles. The standard InChI is InChI=1S/C24H27N11O7S2/c1-3-33(4-2)23-26-8-12(17(36)28-23)34(22(25)41)16(13-6-5-7-42-13)18(37)27-14-19(38)35-15(21(39)40)11(9-43-20(14)35)10-44-24-29-31-32-30-24/h5-8,14,16,20H,3-4,9-10H2,1-2H3,(H2,25,41)(H,27,37)(H,39,40)(H,26,28,36)(H,29,30,31,32)/t14?,16?,20-/m1/s1. The zero-order chi connectivity index (χ0) is 31.5. The van der Waals surface area contributed by atoms with Gasteiger partial charge in [-0.15, -0.1) is 22.0 Å². The average molecular weight is 646 g/mol. The van der Waals surface area contributed by atoms with Gasteiger partial charge in [-0.1, -0.05) is 11.8 Å². The minimum absolute atomic E-state index is 0.0413. The molecule has 0 aromatic carbocycles. The van der Waals surface area contributed by atoms with Crippen LogP contribution < -0.4 is 26.4 Å². The number of furan rings is 1. The number of carbonyl (C=O) groups is 4. The molecule has 0 spiro atoms. The van der Waals surface area contributed by atoms with Crippen molar-refractivity contribution in [3.63, 3.8) is 0 Å². The molecule has 2 unspecified atom stereocenters. The van der Waals surface area contributed by atoms with Crippen LogP contribution in [-0.2, 0) is 14.4 Å². The summed E-state index contributed by atoms with van der Waals surface area (Å²) >= 11 is 2.41. The van der Waals surface area contributed by atoms with Crippen LogP contribution in [0.3, 0.4) is 0 Å². The van der Waals surface area contributed by atoms with Crippen molar-refractivity contribution in [2.45, 2.75) is 36.5 Å². The second-order valence-corrected chi connectivity index (χ2v) is 11.4. The van der Waals surface area contributed by atoms with Crippen molar-refractivity contribution >= 4 is 59.0 Å². The lowest BCUT2D eigenvalue weighted by Gasteiger charge is -2.49. The van der Waals surface area contributed by atoms with Crippen molar-refractivity contribution in [1.29, 1.82) is 0 Å². The van der Waals surface area contributed by atoms with Gasteiger partial charge < -0.3 is 25.5 Å². The highest BCUT2D eigenvalue weighted by Crippen LogP contribution is 2.41. The lowest BCUT2D eigenvalue weighted by atomic mass is 10.0. The first-order chi connectivity index (χ1) is 21.2. The summed E-state index contributed by atoms with van der Waals surface area (Å²) in [6, 6.07) is -1.00. The summed E-state index contributed by atoms with van der Waals surface area (Å²) < 4.78 is 5.44. The first-order valence-electron chi connectivity index (χ1n) is 13.2. The molecule has 6 N–H and O–H groups in total. The van der Waals surface area contributed by atoms with Crippen LogP contribution in [0.5, 0.6) is 0 Å². The molecule has 0 radical (unpaired) electrons. The second-order valence-electron chi connectivity index (χ2n) is 9.36. The Balaban J connectivity index is 1.40. The maximum atomic E-state index is 13.8. The van der Waals surface area contributed by atoms with Gasteiger partial charge >= 0.3 is 12.0 Å². The number of aromatic amines is 2. The lowest BCUT2D eigenvalue weighted by molar-refractivity contribution is -0.150. The number of urea groups is 1. The molecule has 0 bridgehead atoms. The van der Waals surface area contributed by atoms with Gasteiger partial charge in [0.15, 0.2) is 6.04 Å². The number of thioether (sulfide) groups is 2. The van der Waals surface area contributed by atoms with Gasteiger partial charge in [-0.3, -0.25) is 29.2 Å². The normalized spacial score (nSPS) is 18.3. The van der Waals surface area contributed by atoms with Crippen LogP contribution in [0.4, 0.5) is 16.4 Å². The van der Waals surface area contributed by atoms with Crippen LogP contribution in [0.1, 0.15) is 25.6 Å². The van der Waals surface area contributed by atoms with E-state index in [0.717, 1.165) is 27.8 Å². The highest BCUT2D eigenvalue weighted by atomic mass is 32.2. The molecule has 232 valence electrons. The van der Waals surface area contributed by atoms with E-state index in [1.807, 2.05) is 13.8 Å². The van der Waals surface area contributed by atoms with Crippen LogP contribution in [0.15, 0.2) is 50.2 Å². The van der Waals surface area contributed by atoms with Gasteiger partial charge in [-0.25, -0.2) is 14.6 Å². The molecule has 2 aliphatic heterocycles. The molecule has 3 aromatic heterocycles. The van der Waals surface area contributed by atoms with Gasteiger partial charge in [-0.05, 0) is 36.8 Å². The van der Waals surface area contributed by atoms with Crippen molar-refractivity contribution < 1.29 is 28.7 Å². The third-order valence-electron chi connectivity index (χ3n) is 6.90. The number of amides is 4. The predicted molar refractivity (Wildman–Crippen MR) is 157 cm³/mol. The largest absolute Gasteiger partial charge is 0.477 e. The van der Waals surface area contributed by atoms with Crippen LogP contribution in [0.25, 0.3) is 0 Å². The fraction of sp³-hybridized carbons (Fsp3) is 0.375. The average Bonchev–Trinajstić information content (AvgIpc) is 3.73. The smallest absolute Gasteiger partial charge is 0.352 e. The number of carboxylic acids is 1. The number of fused-ring (bicyclic) bond motifs is 1. The van der Waals surface area contributed by atoms with E-state index in [4.69, 9.17) is 10.2 Å². The summed E-state index contributed by atoms with van der Waals surface area (Å²) in [6.45, 7) is 4.87. The molecule has 3 atom stereocenters. The Kier molecular flexibility index (Phi) is 8.90. The van der Waals surface area contributed by atoms with Crippen LogP contribution in [0.2, 0.25) is 0 Å². The quantitative estimate of drug-likeness (QED) is 0.127. The number of nitrogens with two attached hydrogens (primary N) is 1. The number of nitrogens with one attached hydrogen (secondary N) is 3. The summed E-state index contributed by atoms with van der Waals surface area (Å²) in [4.78, 5) is 75.6. The van der Waals surface area contributed by atoms with E-state index in [2.05, 4.69) is 35.9 Å². The molecule has 5 heterocycles. The predicted octanol–water partition coefficient (Wildman–Crippen LogP) is -0.120. The molecule has 1 fully saturated rings. The third-order valence-corrected chi connectivity index (χ3v) is 9.16. The van der Waals surface area contributed by atoms with E-state index in [1.165, 1.54) is 30.2 Å². The number of primary amides is 1.